The maximum atomic E-state index is 12.8. The molecule has 3 rings (SSSR count). The molecule has 3 heteroatoms. The lowest BCUT2D eigenvalue weighted by atomic mass is 9.99. The van der Waals surface area contributed by atoms with Crippen LogP contribution >= 0.6 is 0 Å². The second-order valence-corrected chi connectivity index (χ2v) is 5.98. The first-order valence-corrected chi connectivity index (χ1v) is 8.38. The third-order valence-electron chi connectivity index (χ3n) is 3.94. The number of amides is 1. The first-order chi connectivity index (χ1) is 12.6. The highest BCUT2D eigenvalue weighted by molar-refractivity contribution is 6.15. The average molecular weight is 341 g/mol. The van der Waals surface area contributed by atoms with Crippen LogP contribution < -0.4 is 5.32 Å². The molecule has 0 aliphatic heterocycles. The standard InChI is InChI=1S/C23H19NO2/c1-17-12-14-21(20(16-17)23(26)19-10-6-3-7-11-19)24-22(25)15-13-18-8-4-2-5-9-18/h2-16H,1H3,(H,24,25). The fourth-order valence-corrected chi connectivity index (χ4v) is 2.61. The number of anilines is 1. The molecular weight excluding hydrogens is 322 g/mol. The van der Waals surface area contributed by atoms with Crippen LogP contribution in [0, 0.1) is 6.92 Å². The number of carbonyl (C=O) groups excluding carboxylic acids is 2. The molecule has 0 aromatic heterocycles. The first-order valence-electron chi connectivity index (χ1n) is 8.38. The van der Waals surface area contributed by atoms with Gasteiger partial charge in [0, 0.05) is 17.2 Å². The lowest BCUT2D eigenvalue weighted by Crippen LogP contribution is -2.13. The highest BCUT2D eigenvalue weighted by Crippen LogP contribution is 2.21. The van der Waals surface area contributed by atoms with Crippen molar-refractivity contribution in [2.75, 3.05) is 5.32 Å². The van der Waals surface area contributed by atoms with Gasteiger partial charge >= 0.3 is 0 Å². The minimum Gasteiger partial charge on any atom is -0.322 e. The normalized spacial score (nSPS) is 10.7. The largest absolute Gasteiger partial charge is 0.322 e. The molecule has 0 fully saturated rings. The van der Waals surface area contributed by atoms with E-state index in [1.54, 1.807) is 30.3 Å². The zero-order valence-electron chi connectivity index (χ0n) is 14.5. The zero-order chi connectivity index (χ0) is 18.4. The third kappa shape index (κ3) is 4.33. The molecule has 0 aliphatic carbocycles. The Morgan fingerprint density at radius 1 is 0.846 bits per heavy atom. The van der Waals surface area contributed by atoms with E-state index in [4.69, 9.17) is 0 Å². The predicted molar refractivity (Wildman–Crippen MR) is 105 cm³/mol. The van der Waals surface area contributed by atoms with E-state index in [1.165, 1.54) is 6.08 Å². The molecule has 1 amide bonds. The van der Waals surface area contributed by atoms with Crippen LogP contribution in [-0.4, -0.2) is 11.7 Å². The van der Waals surface area contributed by atoms with Crippen LogP contribution in [-0.2, 0) is 4.79 Å². The molecule has 0 aliphatic rings. The summed E-state index contributed by atoms with van der Waals surface area (Å²) in [5.74, 6) is -0.392. The smallest absolute Gasteiger partial charge is 0.248 e. The maximum absolute atomic E-state index is 12.8. The van der Waals surface area contributed by atoms with Crippen molar-refractivity contribution in [2.45, 2.75) is 6.92 Å². The number of hydrogen-bond donors (Lipinski definition) is 1. The number of rotatable bonds is 5. The molecule has 1 N–H and O–H groups in total. The Bertz CT molecular complexity index is 944. The van der Waals surface area contributed by atoms with Crippen molar-refractivity contribution in [3.63, 3.8) is 0 Å². The van der Waals surface area contributed by atoms with Crippen molar-refractivity contribution in [3.8, 4) is 0 Å². The second-order valence-electron chi connectivity index (χ2n) is 5.98. The molecule has 0 saturated heterocycles. The van der Waals surface area contributed by atoms with Gasteiger partial charge in [0.05, 0.1) is 5.69 Å². The third-order valence-corrected chi connectivity index (χ3v) is 3.94. The summed E-state index contributed by atoms with van der Waals surface area (Å²) in [4.78, 5) is 25.1. The Morgan fingerprint density at radius 3 is 2.19 bits per heavy atom. The average Bonchev–Trinajstić information content (AvgIpc) is 2.69. The van der Waals surface area contributed by atoms with E-state index in [1.807, 2.05) is 61.5 Å². The highest BCUT2D eigenvalue weighted by atomic mass is 16.1. The van der Waals surface area contributed by atoms with Gasteiger partial charge in [0.1, 0.15) is 0 Å². The van der Waals surface area contributed by atoms with Gasteiger partial charge in [-0.3, -0.25) is 9.59 Å². The highest BCUT2D eigenvalue weighted by Gasteiger charge is 2.14. The molecule has 128 valence electrons. The topological polar surface area (TPSA) is 46.2 Å². The van der Waals surface area contributed by atoms with Crippen molar-refractivity contribution < 1.29 is 9.59 Å². The minimum atomic E-state index is -0.278. The van der Waals surface area contributed by atoms with Gasteiger partial charge in [-0.2, -0.15) is 0 Å². The van der Waals surface area contributed by atoms with Gasteiger partial charge < -0.3 is 5.32 Å². The zero-order valence-corrected chi connectivity index (χ0v) is 14.5. The van der Waals surface area contributed by atoms with Crippen LogP contribution in [0.15, 0.2) is 84.9 Å². The number of nitrogens with one attached hydrogen (secondary N) is 1. The Hall–Kier alpha value is -3.46. The summed E-state index contributed by atoms with van der Waals surface area (Å²) in [6.07, 6.45) is 3.20. The summed E-state index contributed by atoms with van der Waals surface area (Å²) >= 11 is 0. The minimum absolute atomic E-state index is 0.114. The Balaban J connectivity index is 1.83. The number of benzene rings is 3. The predicted octanol–water partition coefficient (Wildman–Crippen LogP) is 4.88. The quantitative estimate of drug-likeness (QED) is 0.531. The van der Waals surface area contributed by atoms with Crippen molar-refractivity contribution in [2.24, 2.45) is 0 Å². The van der Waals surface area contributed by atoms with Gasteiger partial charge in [0.25, 0.3) is 0 Å². The fourth-order valence-electron chi connectivity index (χ4n) is 2.61. The molecule has 0 heterocycles. The molecule has 3 aromatic rings. The SMILES string of the molecule is Cc1ccc(NC(=O)C=Cc2ccccc2)c(C(=O)c2ccccc2)c1. The summed E-state index contributed by atoms with van der Waals surface area (Å²) in [5, 5.41) is 2.81. The van der Waals surface area contributed by atoms with Crippen molar-refractivity contribution in [3.05, 3.63) is 107 Å². The molecule has 3 aromatic carbocycles. The van der Waals surface area contributed by atoms with E-state index >= 15 is 0 Å². The van der Waals surface area contributed by atoms with E-state index in [0.29, 0.717) is 16.8 Å². The molecule has 0 atom stereocenters. The molecule has 0 spiro atoms. The summed E-state index contributed by atoms with van der Waals surface area (Å²) in [6, 6.07) is 24.1. The summed E-state index contributed by atoms with van der Waals surface area (Å²) in [6.45, 7) is 1.92. The van der Waals surface area contributed by atoms with Gasteiger partial charge in [-0.15, -0.1) is 0 Å². The van der Waals surface area contributed by atoms with Gasteiger partial charge in [0.15, 0.2) is 5.78 Å². The Kier molecular flexibility index (Phi) is 5.40. The lowest BCUT2D eigenvalue weighted by Gasteiger charge is -2.10. The maximum Gasteiger partial charge on any atom is 0.248 e. The van der Waals surface area contributed by atoms with Gasteiger partial charge in [-0.1, -0.05) is 72.3 Å². The second kappa shape index (κ2) is 8.08. The molecule has 0 radical (unpaired) electrons. The lowest BCUT2D eigenvalue weighted by molar-refractivity contribution is -0.111. The Labute approximate surface area is 153 Å². The van der Waals surface area contributed by atoms with Crippen LogP contribution in [0.1, 0.15) is 27.0 Å². The summed E-state index contributed by atoms with van der Waals surface area (Å²) in [5.41, 5.74) is 3.48. The number of ketones is 1. The van der Waals surface area contributed by atoms with Crippen LogP contribution in [0.4, 0.5) is 5.69 Å². The van der Waals surface area contributed by atoms with Crippen LogP contribution in [0.2, 0.25) is 0 Å². The number of aryl methyl sites for hydroxylation is 1. The Morgan fingerprint density at radius 2 is 1.50 bits per heavy atom. The van der Waals surface area contributed by atoms with Crippen molar-refractivity contribution >= 4 is 23.5 Å². The molecule has 0 bridgehead atoms. The van der Waals surface area contributed by atoms with E-state index in [0.717, 1.165) is 11.1 Å². The summed E-state index contributed by atoms with van der Waals surface area (Å²) < 4.78 is 0. The number of carbonyl (C=O) groups is 2. The van der Waals surface area contributed by atoms with Crippen LogP contribution in [0.3, 0.4) is 0 Å². The van der Waals surface area contributed by atoms with Crippen molar-refractivity contribution in [1.29, 1.82) is 0 Å². The monoisotopic (exact) mass is 341 g/mol. The number of hydrogen-bond acceptors (Lipinski definition) is 2. The van der Waals surface area contributed by atoms with Gasteiger partial charge in [0.2, 0.25) is 5.91 Å². The molecule has 26 heavy (non-hydrogen) atoms. The van der Waals surface area contributed by atoms with Crippen molar-refractivity contribution in [1.82, 2.24) is 0 Å². The fraction of sp³-hybridized carbons (Fsp3) is 0.0435. The molecule has 0 saturated carbocycles. The van der Waals surface area contributed by atoms with E-state index in [2.05, 4.69) is 5.32 Å². The van der Waals surface area contributed by atoms with Gasteiger partial charge in [-0.25, -0.2) is 0 Å². The van der Waals surface area contributed by atoms with E-state index in [-0.39, 0.29) is 11.7 Å². The summed E-state index contributed by atoms with van der Waals surface area (Å²) in [7, 11) is 0. The molecular formula is C23H19NO2. The van der Waals surface area contributed by atoms with Gasteiger partial charge in [-0.05, 0) is 30.7 Å². The molecule has 0 unspecified atom stereocenters. The first kappa shape index (κ1) is 17.4. The van der Waals surface area contributed by atoms with E-state index in [9.17, 15) is 9.59 Å². The van der Waals surface area contributed by atoms with Crippen LogP contribution in [0.25, 0.3) is 6.08 Å². The molecule has 3 nitrogen and oxygen atoms in total. The van der Waals surface area contributed by atoms with E-state index < -0.39 is 0 Å². The van der Waals surface area contributed by atoms with Crippen LogP contribution in [0.5, 0.6) is 0 Å².